The van der Waals surface area contributed by atoms with Gasteiger partial charge in [-0.1, -0.05) is 6.07 Å². The molecule has 0 aliphatic carbocycles. The van der Waals surface area contributed by atoms with Gasteiger partial charge in [-0.15, -0.1) is 11.3 Å². The van der Waals surface area contributed by atoms with E-state index in [1.54, 1.807) is 11.3 Å². The Bertz CT molecular complexity index is 464. The molecule has 6 nitrogen and oxygen atoms in total. The van der Waals surface area contributed by atoms with E-state index in [0.29, 0.717) is 0 Å². The van der Waals surface area contributed by atoms with Crippen LogP contribution in [0.2, 0.25) is 0 Å². The summed E-state index contributed by atoms with van der Waals surface area (Å²) in [7, 11) is 1.50. The van der Waals surface area contributed by atoms with Crippen LogP contribution in [0.3, 0.4) is 0 Å². The van der Waals surface area contributed by atoms with Crippen molar-refractivity contribution in [1.29, 1.82) is 0 Å². The van der Waals surface area contributed by atoms with Gasteiger partial charge in [-0.2, -0.15) is 0 Å². The van der Waals surface area contributed by atoms with Gasteiger partial charge in [0.2, 0.25) is 5.91 Å². The molecule has 2 rings (SSSR count). The third-order valence-electron chi connectivity index (χ3n) is 3.49. The number of imide groups is 1. The minimum absolute atomic E-state index is 0.249. The lowest BCUT2D eigenvalue weighted by Gasteiger charge is -2.20. The molecule has 116 valence electrons. The molecule has 0 spiro atoms. The van der Waals surface area contributed by atoms with E-state index in [2.05, 4.69) is 37.9 Å². The molecule has 1 aliphatic rings. The Balaban J connectivity index is 1.75. The number of thiophene rings is 1. The number of carbonyl (C=O) groups excluding carboxylic acids is 2. The fourth-order valence-electron chi connectivity index (χ4n) is 2.40. The third-order valence-corrected chi connectivity index (χ3v) is 4.35. The Morgan fingerprint density at radius 2 is 2.00 bits per heavy atom. The molecule has 1 aromatic rings. The summed E-state index contributed by atoms with van der Waals surface area (Å²) < 4.78 is 0. The Morgan fingerprint density at radius 3 is 2.71 bits per heavy atom. The van der Waals surface area contributed by atoms with E-state index < -0.39 is 6.03 Å². The summed E-state index contributed by atoms with van der Waals surface area (Å²) in [4.78, 5) is 28.7. The lowest BCUT2D eigenvalue weighted by atomic mass is 10.3. The maximum atomic E-state index is 11.7. The molecule has 2 heterocycles. The van der Waals surface area contributed by atoms with Gasteiger partial charge in [0.1, 0.15) is 0 Å². The molecule has 2 N–H and O–H groups in total. The summed E-state index contributed by atoms with van der Waals surface area (Å²) in [6.45, 7) is 5.00. The number of hydrogen-bond donors (Lipinski definition) is 2. The highest BCUT2D eigenvalue weighted by molar-refractivity contribution is 7.09. The third kappa shape index (κ3) is 5.45. The van der Waals surface area contributed by atoms with Crippen LogP contribution < -0.4 is 10.6 Å². The molecule has 0 atom stereocenters. The molecule has 3 amide bonds. The van der Waals surface area contributed by atoms with Gasteiger partial charge in [0.15, 0.2) is 0 Å². The van der Waals surface area contributed by atoms with E-state index in [1.807, 2.05) is 0 Å². The number of rotatable bonds is 4. The maximum Gasteiger partial charge on any atom is 0.321 e. The van der Waals surface area contributed by atoms with E-state index in [4.69, 9.17) is 0 Å². The van der Waals surface area contributed by atoms with Gasteiger partial charge in [-0.05, 0) is 31.0 Å². The molecule has 0 unspecified atom stereocenters. The summed E-state index contributed by atoms with van der Waals surface area (Å²) in [5, 5.41) is 6.78. The fraction of sp³-hybridized carbons (Fsp3) is 0.571. The average Bonchev–Trinajstić information content (AvgIpc) is 2.87. The summed E-state index contributed by atoms with van der Waals surface area (Å²) in [5.41, 5.74) is 0. The smallest absolute Gasteiger partial charge is 0.321 e. The van der Waals surface area contributed by atoms with E-state index in [0.717, 1.165) is 39.1 Å². The standard InChI is InChI=1S/C14H22N4O2S/c1-15-14(20)16-13(19)11-18-6-3-5-17(7-8-18)10-12-4-2-9-21-12/h2,4,9H,3,5-8,10-11H2,1H3,(H2,15,16,19,20). The zero-order chi connectivity index (χ0) is 15.1. The van der Waals surface area contributed by atoms with Crippen LogP contribution in [0.15, 0.2) is 17.5 Å². The number of nitrogens with zero attached hydrogens (tertiary/aromatic N) is 2. The number of amides is 3. The SMILES string of the molecule is CNC(=O)NC(=O)CN1CCCN(Cc2cccs2)CC1. The van der Waals surface area contributed by atoms with Gasteiger partial charge in [0.05, 0.1) is 6.54 Å². The van der Waals surface area contributed by atoms with Crippen molar-refractivity contribution in [3.8, 4) is 0 Å². The molecule has 1 aromatic heterocycles. The van der Waals surface area contributed by atoms with Crippen LogP contribution in [0.25, 0.3) is 0 Å². The molecular formula is C14H22N4O2S. The van der Waals surface area contributed by atoms with Crippen LogP contribution in [0.5, 0.6) is 0 Å². The first-order valence-electron chi connectivity index (χ1n) is 7.16. The molecule has 0 saturated carbocycles. The quantitative estimate of drug-likeness (QED) is 0.860. The van der Waals surface area contributed by atoms with Crippen molar-refractivity contribution in [2.75, 3.05) is 39.8 Å². The second-order valence-electron chi connectivity index (χ2n) is 5.11. The summed E-state index contributed by atoms with van der Waals surface area (Å²) in [6.07, 6.45) is 1.04. The highest BCUT2D eigenvalue weighted by Gasteiger charge is 2.18. The van der Waals surface area contributed by atoms with Crippen LogP contribution in [0.4, 0.5) is 4.79 Å². The average molecular weight is 310 g/mol. The van der Waals surface area contributed by atoms with E-state index in [1.165, 1.54) is 11.9 Å². The van der Waals surface area contributed by atoms with Crippen molar-refractivity contribution in [3.63, 3.8) is 0 Å². The van der Waals surface area contributed by atoms with Crippen molar-refractivity contribution < 1.29 is 9.59 Å². The molecule has 1 aliphatic heterocycles. The predicted molar refractivity (Wildman–Crippen MR) is 83.3 cm³/mol. The zero-order valence-electron chi connectivity index (χ0n) is 12.3. The van der Waals surface area contributed by atoms with Crippen LogP contribution >= 0.6 is 11.3 Å². The second kappa shape index (κ2) is 8.11. The minimum Gasteiger partial charge on any atom is -0.341 e. The first-order valence-corrected chi connectivity index (χ1v) is 8.04. The molecule has 7 heteroatoms. The molecule has 1 saturated heterocycles. The van der Waals surface area contributed by atoms with Crippen molar-refractivity contribution >= 4 is 23.3 Å². The molecule has 0 radical (unpaired) electrons. The highest BCUT2D eigenvalue weighted by atomic mass is 32.1. The normalized spacial score (nSPS) is 17.2. The van der Waals surface area contributed by atoms with Crippen LogP contribution in [0.1, 0.15) is 11.3 Å². The maximum absolute atomic E-state index is 11.7. The second-order valence-corrected chi connectivity index (χ2v) is 6.14. The van der Waals surface area contributed by atoms with Crippen LogP contribution in [-0.4, -0.2) is 61.5 Å². The number of carbonyl (C=O) groups is 2. The first kappa shape index (κ1) is 15.9. The van der Waals surface area contributed by atoms with E-state index in [9.17, 15) is 9.59 Å². The number of urea groups is 1. The summed E-state index contributed by atoms with van der Waals surface area (Å²) in [6, 6.07) is 3.78. The zero-order valence-corrected chi connectivity index (χ0v) is 13.1. The fourth-order valence-corrected chi connectivity index (χ4v) is 3.14. The largest absolute Gasteiger partial charge is 0.341 e. The van der Waals surface area contributed by atoms with Gasteiger partial charge < -0.3 is 5.32 Å². The molecule has 0 aromatic carbocycles. The van der Waals surface area contributed by atoms with E-state index >= 15 is 0 Å². The first-order chi connectivity index (χ1) is 10.2. The molecule has 1 fully saturated rings. The highest BCUT2D eigenvalue weighted by Crippen LogP contribution is 2.13. The van der Waals surface area contributed by atoms with Crippen LogP contribution in [0, 0.1) is 0 Å². The molecule has 0 bridgehead atoms. The minimum atomic E-state index is -0.450. The van der Waals surface area contributed by atoms with Crippen molar-refractivity contribution in [2.45, 2.75) is 13.0 Å². The van der Waals surface area contributed by atoms with Gasteiger partial charge in [-0.25, -0.2) is 4.79 Å². The predicted octanol–water partition coefficient (Wildman–Crippen LogP) is 0.711. The van der Waals surface area contributed by atoms with Gasteiger partial charge in [0, 0.05) is 31.6 Å². The van der Waals surface area contributed by atoms with Crippen LogP contribution in [-0.2, 0) is 11.3 Å². The Hall–Kier alpha value is -1.44. The van der Waals surface area contributed by atoms with Gasteiger partial charge in [-0.3, -0.25) is 19.9 Å². The molecular weight excluding hydrogens is 288 g/mol. The Kier molecular flexibility index (Phi) is 6.16. The van der Waals surface area contributed by atoms with Gasteiger partial charge >= 0.3 is 6.03 Å². The molecule has 21 heavy (non-hydrogen) atoms. The Labute approximate surface area is 129 Å². The Morgan fingerprint density at radius 1 is 1.24 bits per heavy atom. The van der Waals surface area contributed by atoms with Crippen molar-refractivity contribution in [2.24, 2.45) is 0 Å². The van der Waals surface area contributed by atoms with Crippen molar-refractivity contribution in [3.05, 3.63) is 22.4 Å². The van der Waals surface area contributed by atoms with E-state index in [-0.39, 0.29) is 12.5 Å². The van der Waals surface area contributed by atoms with Crippen molar-refractivity contribution in [1.82, 2.24) is 20.4 Å². The van der Waals surface area contributed by atoms with Gasteiger partial charge in [0.25, 0.3) is 0 Å². The number of nitrogens with one attached hydrogen (secondary N) is 2. The lowest BCUT2D eigenvalue weighted by molar-refractivity contribution is -0.121. The topological polar surface area (TPSA) is 64.7 Å². The monoisotopic (exact) mass is 310 g/mol. The number of hydrogen-bond acceptors (Lipinski definition) is 5. The summed E-state index contributed by atoms with van der Waals surface area (Å²) in [5.74, 6) is -0.249. The lowest BCUT2D eigenvalue weighted by Crippen LogP contribution is -2.44. The summed E-state index contributed by atoms with van der Waals surface area (Å²) >= 11 is 1.78.